The highest BCUT2D eigenvalue weighted by Gasteiger charge is 2.15. The van der Waals surface area contributed by atoms with Crippen molar-refractivity contribution in [3.05, 3.63) is 39.2 Å². The van der Waals surface area contributed by atoms with Crippen molar-refractivity contribution in [1.82, 2.24) is 4.90 Å². The molecule has 2 aromatic rings. The molecule has 0 atom stereocenters. The van der Waals surface area contributed by atoms with E-state index in [4.69, 9.17) is 25.5 Å². The summed E-state index contributed by atoms with van der Waals surface area (Å²) in [4.78, 5) is 14.0. The predicted octanol–water partition coefficient (Wildman–Crippen LogP) is 2.29. The van der Waals surface area contributed by atoms with E-state index in [1.54, 1.807) is 12.1 Å². The van der Waals surface area contributed by atoms with E-state index in [9.17, 15) is 4.79 Å². The van der Waals surface area contributed by atoms with Gasteiger partial charge in [-0.15, -0.1) is 0 Å². The van der Waals surface area contributed by atoms with Crippen LogP contribution in [-0.2, 0) is 11.3 Å². The van der Waals surface area contributed by atoms with Gasteiger partial charge in [0.1, 0.15) is 11.3 Å². The minimum Gasteiger partial charge on any atom is -0.495 e. The van der Waals surface area contributed by atoms with Crippen LogP contribution in [0.2, 0.25) is 5.02 Å². The summed E-state index contributed by atoms with van der Waals surface area (Å²) in [6.07, 6.45) is 0. The molecule has 0 saturated carbocycles. The lowest BCUT2D eigenvalue weighted by molar-refractivity contribution is 0.0343. The Morgan fingerprint density at radius 1 is 1.29 bits per heavy atom. The monoisotopic (exact) mass is 309 g/mol. The molecule has 21 heavy (non-hydrogen) atoms. The summed E-state index contributed by atoms with van der Waals surface area (Å²) in [5.41, 5.74) is 1.04. The van der Waals surface area contributed by atoms with Gasteiger partial charge in [0.25, 0.3) is 0 Å². The number of fused-ring (bicyclic) bond motifs is 1. The molecule has 3 rings (SSSR count). The fourth-order valence-corrected chi connectivity index (χ4v) is 2.76. The van der Waals surface area contributed by atoms with Crippen molar-refractivity contribution >= 4 is 22.6 Å². The van der Waals surface area contributed by atoms with Crippen molar-refractivity contribution in [1.29, 1.82) is 0 Å². The summed E-state index contributed by atoms with van der Waals surface area (Å²) >= 11 is 6.18. The molecule has 0 N–H and O–H groups in total. The molecule has 1 aliphatic rings. The Bertz CT molecular complexity index is 707. The predicted molar refractivity (Wildman–Crippen MR) is 80.1 cm³/mol. The minimum absolute atomic E-state index is 0.366. The maximum atomic E-state index is 11.7. The van der Waals surface area contributed by atoms with Crippen molar-refractivity contribution in [2.75, 3.05) is 33.4 Å². The molecule has 1 aromatic carbocycles. The van der Waals surface area contributed by atoms with E-state index in [2.05, 4.69) is 4.90 Å². The van der Waals surface area contributed by atoms with Gasteiger partial charge in [-0.25, -0.2) is 4.79 Å². The van der Waals surface area contributed by atoms with Gasteiger partial charge in [0.15, 0.2) is 0 Å². The van der Waals surface area contributed by atoms with Gasteiger partial charge >= 0.3 is 5.63 Å². The third-order valence-electron chi connectivity index (χ3n) is 3.60. The number of methoxy groups -OCH3 is 1. The lowest BCUT2D eigenvalue weighted by Gasteiger charge is -2.26. The molecule has 0 amide bonds. The summed E-state index contributed by atoms with van der Waals surface area (Å²) in [5.74, 6) is 0.496. The molecule has 5 nitrogen and oxygen atoms in total. The molecule has 0 radical (unpaired) electrons. The summed E-state index contributed by atoms with van der Waals surface area (Å²) < 4.78 is 15.8. The van der Waals surface area contributed by atoms with Crippen LogP contribution in [0.5, 0.6) is 5.75 Å². The first kappa shape index (κ1) is 14.4. The Morgan fingerprint density at radius 2 is 2.05 bits per heavy atom. The van der Waals surface area contributed by atoms with Crippen LogP contribution in [0.1, 0.15) is 5.56 Å². The molecular weight excluding hydrogens is 294 g/mol. The first-order valence-corrected chi connectivity index (χ1v) is 7.15. The Kier molecular flexibility index (Phi) is 4.14. The number of rotatable bonds is 3. The van der Waals surface area contributed by atoms with Crippen LogP contribution in [0.4, 0.5) is 0 Å². The average Bonchev–Trinajstić information content (AvgIpc) is 2.48. The molecule has 6 heteroatoms. The lowest BCUT2D eigenvalue weighted by Crippen LogP contribution is -2.35. The number of hydrogen-bond donors (Lipinski definition) is 0. The highest BCUT2D eigenvalue weighted by molar-refractivity contribution is 6.32. The quantitative estimate of drug-likeness (QED) is 0.814. The smallest absolute Gasteiger partial charge is 0.336 e. The van der Waals surface area contributed by atoms with Crippen LogP contribution in [0.15, 0.2) is 27.4 Å². The standard InChI is InChI=1S/C15H16ClNO4/c1-19-14-8-13-11(7-12(14)16)10(6-15(18)21-13)9-17-2-4-20-5-3-17/h6-8H,2-5,9H2,1H3. The number of nitrogens with zero attached hydrogens (tertiary/aromatic N) is 1. The highest BCUT2D eigenvalue weighted by Crippen LogP contribution is 2.31. The maximum Gasteiger partial charge on any atom is 0.336 e. The third kappa shape index (κ3) is 3.05. The van der Waals surface area contributed by atoms with E-state index >= 15 is 0 Å². The number of ether oxygens (including phenoxy) is 2. The molecule has 1 fully saturated rings. The molecule has 1 saturated heterocycles. The molecule has 0 bridgehead atoms. The van der Waals surface area contributed by atoms with E-state index in [0.717, 1.165) is 24.0 Å². The molecular formula is C15H16ClNO4. The number of hydrogen-bond acceptors (Lipinski definition) is 5. The molecule has 2 heterocycles. The second-order valence-corrected chi connectivity index (χ2v) is 5.37. The van der Waals surface area contributed by atoms with Crippen molar-refractivity contribution in [3.63, 3.8) is 0 Å². The van der Waals surface area contributed by atoms with Crippen LogP contribution in [0, 0.1) is 0 Å². The van der Waals surface area contributed by atoms with Gasteiger partial charge in [-0.3, -0.25) is 4.90 Å². The fourth-order valence-electron chi connectivity index (χ4n) is 2.52. The minimum atomic E-state index is -0.366. The summed E-state index contributed by atoms with van der Waals surface area (Å²) in [7, 11) is 1.53. The molecule has 0 spiro atoms. The number of benzene rings is 1. The zero-order valence-electron chi connectivity index (χ0n) is 11.7. The lowest BCUT2D eigenvalue weighted by atomic mass is 10.1. The topological polar surface area (TPSA) is 51.9 Å². The van der Waals surface area contributed by atoms with Crippen LogP contribution >= 0.6 is 11.6 Å². The Balaban J connectivity index is 2.04. The largest absolute Gasteiger partial charge is 0.495 e. The van der Waals surface area contributed by atoms with E-state index < -0.39 is 0 Å². The van der Waals surface area contributed by atoms with Gasteiger partial charge in [-0.1, -0.05) is 11.6 Å². The van der Waals surface area contributed by atoms with Gasteiger partial charge in [0, 0.05) is 37.2 Å². The van der Waals surface area contributed by atoms with Gasteiger partial charge in [-0.05, 0) is 11.6 Å². The van der Waals surface area contributed by atoms with Crippen LogP contribution < -0.4 is 10.4 Å². The van der Waals surface area contributed by atoms with Gasteiger partial charge in [-0.2, -0.15) is 0 Å². The summed E-state index contributed by atoms with van der Waals surface area (Å²) in [5, 5.41) is 1.34. The first-order chi connectivity index (χ1) is 10.2. The van der Waals surface area contributed by atoms with Crippen molar-refractivity contribution in [2.24, 2.45) is 0 Å². The van der Waals surface area contributed by atoms with Crippen LogP contribution in [0.25, 0.3) is 11.0 Å². The normalized spacial score (nSPS) is 16.3. The molecule has 112 valence electrons. The zero-order valence-corrected chi connectivity index (χ0v) is 12.5. The van der Waals surface area contributed by atoms with E-state index in [1.807, 2.05) is 0 Å². The van der Waals surface area contributed by atoms with Gasteiger partial charge < -0.3 is 13.9 Å². The number of morpholine rings is 1. The molecule has 1 aromatic heterocycles. The number of halogens is 1. The second-order valence-electron chi connectivity index (χ2n) is 4.96. The highest BCUT2D eigenvalue weighted by atomic mass is 35.5. The van der Waals surface area contributed by atoms with E-state index in [0.29, 0.717) is 36.1 Å². The Hall–Kier alpha value is -1.56. The van der Waals surface area contributed by atoms with Crippen molar-refractivity contribution < 1.29 is 13.9 Å². The summed E-state index contributed by atoms with van der Waals surface area (Å²) in [6.45, 7) is 3.81. The maximum absolute atomic E-state index is 11.7. The molecule has 0 aliphatic carbocycles. The zero-order chi connectivity index (χ0) is 14.8. The van der Waals surface area contributed by atoms with E-state index in [-0.39, 0.29) is 5.63 Å². The molecule has 0 unspecified atom stereocenters. The fraction of sp³-hybridized carbons (Fsp3) is 0.400. The van der Waals surface area contributed by atoms with Gasteiger partial charge in [0.2, 0.25) is 0 Å². The van der Waals surface area contributed by atoms with Crippen molar-refractivity contribution in [3.8, 4) is 5.75 Å². The molecule has 1 aliphatic heterocycles. The van der Waals surface area contributed by atoms with Crippen molar-refractivity contribution in [2.45, 2.75) is 6.54 Å². The first-order valence-electron chi connectivity index (χ1n) is 6.78. The SMILES string of the molecule is COc1cc2oc(=O)cc(CN3CCOCC3)c2cc1Cl. The van der Waals surface area contributed by atoms with E-state index in [1.165, 1.54) is 13.2 Å². The second kappa shape index (κ2) is 6.05. The van der Waals surface area contributed by atoms with Gasteiger partial charge in [0.05, 0.1) is 25.3 Å². The Labute approximate surface area is 127 Å². The van der Waals surface area contributed by atoms with Crippen LogP contribution in [-0.4, -0.2) is 38.3 Å². The van der Waals surface area contributed by atoms with Crippen LogP contribution in [0.3, 0.4) is 0 Å². The third-order valence-corrected chi connectivity index (χ3v) is 3.90. The summed E-state index contributed by atoms with van der Waals surface area (Å²) in [6, 6.07) is 4.97. The Morgan fingerprint density at radius 3 is 2.76 bits per heavy atom. The average molecular weight is 310 g/mol.